The molecule has 0 aromatic heterocycles. The highest BCUT2D eigenvalue weighted by molar-refractivity contribution is 5.84. The van der Waals surface area contributed by atoms with Crippen molar-refractivity contribution in [3.8, 4) is 11.5 Å². The summed E-state index contributed by atoms with van der Waals surface area (Å²) in [6.07, 6.45) is -12.7. The molecule has 0 aliphatic carbocycles. The smallest absolute Gasteiger partial charge is 0.465 e. The number of esters is 1. The summed E-state index contributed by atoms with van der Waals surface area (Å²) in [4.78, 5) is 22.0. The highest BCUT2D eigenvalue weighted by Crippen LogP contribution is 2.37. The minimum absolute atomic E-state index is 0.00973. The first-order valence-corrected chi connectivity index (χ1v) is 7.51. The van der Waals surface area contributed by atoms with Crippen LogP contribution in [0.5, 0.6) is 11.5 Å². The lowest BCUT2D eigenvalue weighted by molar-refractivity contribution is -0.276. The lowest BCUT2D eigenvalue weighted by Crippen LogP contribution is -2.50. The van der Waals surface area contributed by atoms with Gasteiger partial charge in [-0.1, -0.05) is 6.07 Å². The third kappa shape index (κ3) is 5.44. The quantitative estimate of drug-likeness (QED) is 0.384. The van der Waals surface area contributed by atoms with E-state index in [9.17, 15) is 53.5 Å². The Bertz CT molecular complexity index is 789. The maximum atomic E-state index is 12.9. The van der Waals surface area contributed by atoms with Crippen LogP contribution in [0.15, 0.2) is 18.2 Å². The molecule has 30 heavy (non-hydrogen) atoms. The number of nitrogens with one attached hydrogen (secondary N) is 1. The molecule has 1 rings (SSSR count). The molecule has 0 bridgehead atoms. The summed E-state index contributed by atoms with van der Waals surface area (Å²) in [5, 5.41) is 1.34. The molecule has 0 spiro atoms. The van der Waals surface area contributed by atoms with Gasteiger partial charge in [0.05, 0.1) is 7.11 Å². The Morgan fingerprint density at radius 1 is 0.900 bits per heavy atom. The van der Waals surface area contributed by atoms with E-state index in [2.05, 4.69) is 4.74 Å². The molecule has 170 valence electrons. The molecule has 0 aliphatic rings. The van der Waals surface area contributed by atoms with Gasteiger partial charge in [0, 0.05) is 12.6 Å². The SMILES string of the molecule is COc1cc(OC(=O)C(F)(F)C(F)(F)F)ccc1CCNC(=O)C(F)(F)C(F)(F)F. The average Bonchev–Trinajstić information content (AvgIpc) is 2.60. The summed E-state index contributed by atoms with van der Waals surface area (Å²) in [5.41, 5.74) is 0.00973. The van der Waals surface area contributed by atoms with Gasteiger partial charge in [-0.05, 0) is 18.1 Å². The largest absolute Gasteiger partial charge is 0.496 e. The van der Waals surface area contributed by atoms with Crippen molar-refractivity contribution in [2.75, 3.05) is 13.7 Å². The van der Waals surface area contributed by atoms with Gasteiger partial charge < -0.3 is 14.8 Å². The van der Waals surface area contributed by atoms with Crippen molar-refractivity contribution in [1.29, 1.82) is 0 Å². The zero-order chi connectivity index (χ0) is 23.5. The molecular formula is C15H11F10NO4. The number of rotatable bonds is 7. The number of benzene rings is 1. The summed E-state index contributed by atoms with van der Waals surface area (Å²) in [5.74, 6) is -18.1. The topological polar surface area (TPSA) is 64.6 Å². The van der Waals surface area contributed by atoms with Crippen LogP contribution >= 0.6 is 0 Å². The first-order chi connectivity index (χ1) is 13.4. The molecule has 1 aromatic rings. The van der Waals surface area contributed by atoms with Crippen molar-refractivity contribution in [3.05, 3.63) is 23.8 Å². The average molecular weight is 459 g/mol. The first-order valence-electron chi connectivity index (χ1n) is 7.51. The molecule has 0 heterocycles. The van der Waals surface area contributed by atoms with Crippen LogP contribution in [0.1, 0.15) is 5.56 Å². The molecule has 0 saturated heterocycles. The molecule has 0 saturated carbocycles. The van der Waals surface area contributed by atoms with Crippen molar-refractivity contribution in [3.63, 3.8) is 0 Å². The Hall–Kier alpha value is -2.74. The first kappa shape index (κ1) is 25.3. The minimum Gasteiger partial charge on any atom is -0.496 e. The molecule has 1 N–H and O–H groups in total. The van der Waals surface area contributed by atoms with Crippen LogP contribution in [0.3, 0.4) is 0 Å². The fraction of sp³-hybridized carbons (Fsp3) is 0.467. The van der Waals surface area contributed by atoms with E-state index >= 15 is 0 Å². The summed E-state index contributed by atoms with van der Waals surface area (Å²) < 4.78 is 133. The summed E-state index contributed by atoms with van der Waals surface area (Å²) >= 11 is 0. The number of halogens is 10. The molecule has 1 amide bonds. The second-order valence-corrected chi connectivity index (χ2v) is 5.51. The Balaban J connectivity index is 2.85. The number of hydrogen-bond donors (Lipinski definition) is 1. The van der Waals surface area contributed by atoms with Gasteiger partial charge in [-0.25, -0.2) is 4.79 Å². The summed E-state index contributed by atoms with van der Waals surface area (Å²) in [6, 6.07) is 2.39. The molecule has 0 radical (unpaired) electrons. The molecule has 0 aliphatic heterocycles. The van der Waals surface area contributed by atoms with Gasteiger partial charge in [0.15, 0.2) is 0 Å². The van der Waals surface area contributed by atoms with Gasteiger partial charge in [0.1, 0.15) is 11.5 Å². The summed E-state index contributed by atoms with van der Waals surface area (Å²) in [7, 11) is 0.991. The maximum Gasteiger partial charge on any atom is 0.465 e. The molecule has 1 aromatic carbocycles. The van der Waals surface area contributed by atoms with Crippen LogP contribution in [0.2, 0.25) is 0 Å². The second kappa shape index (κ2) is 8.55. The number of carbonyl (C=O) groups is 2. The van der Waals surface area contributed by atoms with E-state index in [1.165, 1.54) is 5.32 Å². The van der Waals surface area contributed by atoms with Crippen LogP contribution in [0, 0.1) is 0 Å². The highest BCUT2D eigenvalue weighted by atomic mass is 19.4. The van der Waals surface area contributed by atoms with Crippen LogP contribution in [-0.4, -0.2) is 49.7 Å². The van der Waals surface area contributed by atoms with E-state index in [-0.39, 0.29) is 11.3 Å². The highest BCUT2D eigenvalue weighted by Gasteiger charge is 2.65. The Morgan fingerprint density at radius 3 is 1.90 bits per heavy atom. The van der Waals surface area contributed by atoms with Gasteiger partial charge in [-0.2, -0.15) is 43.9 Å². The van der Waals surface area contributed by atoms with Gasteiger partial charge >= 0.3 is 30.2 Å². The number of carbonyl (C=O) groups excluding carboxylic acids is 2. The zero-order valence-corrected chi connectivity index (χ0v) is 14.6. The van der Waals surface area contributed by atoms with Gasteiger partial charge in [0.2, 0.25) is 0 Å². The van der Waals surface area contributed by atoms with Crippen molar-refractivity contribution >= 4 is 11.9 Å². The monoisotopic (exact) mass is 459 g/mol. The van der Waals surface area contributed by atoms with E-state index in [4.69, 9.17) is 4.74 Å². The molecule has 5 nitrogen and oxygen atoms in total. The molecular weight excluding hydrogens is 448 g/mol. The van der Waals surface area contributed by atoms with Crippen LogP contribution in [0.4, 0.5) is 43.9 Å². The zero-order valence-electron chi connectivity index (χ0n) is 14.6. The molecule has 0 atom stereocenters. The van der Waals surface area contributed by atoms with Crippen LogP contribution in [-0.2, 0) is 16.0 Å². The van der Waals surface area contributed by atoms with Gasteiger partial charge in [-0.3, -0.25) is 4.79 Å². The lowest BCUT2D eigenvalue weighted by Gasteiger charge is -2.19. The Labute approximate surface area is 160 Å². The predicted octanol–water partition coefficient (Wildman–Crippen LogP) is 3.65. The maximum absolute atomic E-state index is 12.9. The third-order valence-electron chi connectivity index (χ3n) is 3.40. The number of methoxy groups -OCH3 is 1. The number of ether oxygens (including phenoxy) is 2. The Morgan fingerprint density at radius 2 is 1.43 bits per heavy atom. The lowest BCUT2D eigenvalue weighted by atomic mass is 10.1. The molecule has 15 heteroatoms. The van der Waals surface area contributed by atoms with E-state index in [0.29, 0.717) is 6.07 Å². The van der Waals surface area contributed by atoms with Crippen LogP contribution < -0.4 is 14.8 Å². The van der Waals surface area contributed by atoms with E-state index < -0.39 is 54.8 Å². The standard InChI is InChI=1S/C15H11F10NO4/c1-29-9-6-8(30-11(28)13(18,19)15(23,24)25)3-2-7(9)4-5-26-10(27)12(16,17)14(20,21)22/h2-3,6H,4-5H2,1H3,(H,26,27). The second-order valence-electron chi connectivity index (χ2n) is 5.51. The number of amides is 1. The van der Waals surface area contributed by atoms with Crippen molar-refractivity contribution in [1.82, 2.24) is 5.32 Å². The molecule has 0 unspecified atom stereocenters. The minimum atomic E-state index is -6.20. The third-order valence-corrected chi connectivity index (χ3v) is 3.40. The van der Waals surface area contributed by atoms with Crippen molar-refractivity contribution < 1.29 is 63.0 Å². The van der Waals surface area contributed by atoms with Gasteiger partial charge in [-0.15, -0.1) is 0 Å². The van der Waals surface area contributed by atoms with E-state index in [1.807, 2.05) is 0 Å². The van der Waals surface area contributed by atoms with E-state index in [0.717, 1.165) is 19.2 Å². The normalized spacial score (nSPS) is 13.0. The molecule has 0 fully saturated rings. The van der Waals surface area contributed by atoms with Crippen LogP contribution in [0.25, 0.3) is 0 Å². The van der Waals surface area contributed by atoms with Crippen molar-refractivity contribution in [2.24, 2.45) is 0 Å². The Kier molecular flexibility index (Phi) is 7.21. The van der Waals surface area contributed by atoms with E-state index in [1.54, 1.807) is 0 Å². The predicted molar refractivity (Wildman–Crippen MR) is 77.3 cm³/mol. The summed E-state index contributed by atoms with van der Waals surface area (Å²) in [6.45, 7) is -0.744. The van der Waals surface area contributed by atoms with Crippen molar-refractivity contribution in [2.45, 2.75) is 30.6 Å². The van der Waals surface area contributed by atoms with Gasteiger partial charge in [0.25, 0.3) is 5.91 Å². The fourth-order valence-corrected chi connectivity index (χ4v) is 1.83. The number of hydrogen-bond acceptors (Lipinski definition) is 4. The number of alkyl halides is 10. The fourth-order valence-electron chi connectivity index (χ4n) is 1.83.